The highest BCUT2D eigenvalue weighted by atomic mass is 35.5. The molecule has 3 N–H and O–H groups in total. The quantitative estimate of drug-likeness (QED) is 0.840. The first-order chi connectivity index (χ1) is 7.19. The molecule has 0 bridgehead atoms. The van der Waals surface area contributed by atoms with Gasteiger partial charge in [0.1, 0.15) is 11.6 Å². The molecule has 0 spiro atoms. The molecule has 0 aliphatic carbocycles. The number of halogens is 2. The smallest absolute Gasteiger partial charge is 0.126 e. The van der Waals surface area contributed by atoms with Gasteiger partial charge < -0.3 is 15.6 Å². The van der Waals surface area contributed by atoms with Crippen molar-refractivity contribution in [1.82, 2.24) is 0 Å². The van der Waals surface area contributed by atoms with Gasteiger partial charge in [-0.1, -0.05) is 6.07 Å². The van der Waals surface area contributed by atoms with Crippen LogP contribution in [0.5, 0.6) is 5.75 Å². The zero-order valence-corrected chi connectivity index (χ0v) is 9.97. The molecular weight excluding hydrogens is 233 g/mol. The maximum absolute atomic E-state index is 12.9. The van der Waals surface area contributed by atoms with E-state index in [1.54, 1.807) is 6.07 Å². The monoisotopic (exact) mass is 249 g/mol. The molecule has 1 aromatic rings. The van der Waals surface area contributed by atoms with E-state index in [0.29, 0.717) is 18.6 Å². The Kier molecular flexibility index (Phi) is 7.05. The number of hydrogen-bond donors (Lipinski definition) is 2. The number of rotatable bonds is 5. The highest BCUT2D eigenvalue weighted by Crippen LogP contribution is 2.26. The Morgan fingerprint density at radius 3 is 2.75 bits per heavy atom. The molecule has 1 atom stereocenters. The molecule has 1 rings (SSSR count). The van der Waals surface area contributed by atoms with Crippen LogP contribution in [0.3, 0.4) is 0 Å². The average Bonchev–Trinajstić information content (AvgIpc) is 2.25. The van der Waals surface area contributed by atoms with Gasteiger partial charge in [-0.15, -0.1) is 12.4 Å². The van der Waals surface area contributed by atoms with Gasteiger partial charge in [0.15, 0.2) is 0 Å². The van der Waals surface area contributed by atoms with Crippen molar-refractivity contribution in [3.63, 3.8) is 0 Å². The predicted octanol–water partition coefficient (Wildman–Crippen LogP) is 2.03. The zero-order valence-electron chi connectivity index (χ0n) is 9.15. The summed E-state index contributed by atoms with van der Waals surface area (Å²) in [6.45, 7) is 0.108. The Bertz CT molecular complexity index is 323. The summed E-state index contributed by atoms with van der Waals surface area (Å²) < 4.78 is 17.9. The van der Waals surface area contributed by atoms with Gasteiger partial charge in [-0.25, -0.2) is 4.39 Å². The van der Waals surface area contributed by atoms with Crippen LogP contribution in [0.15, 0.2) is 18.2 Å². The van der Waals surface area contributed by atoms with Gasteiger partial charge in [-0.2, -0.15) is 0 Å². The molecule has 0 heterocycles. The minimum atomic E-state index is -0.343. The summed E-state index contributed by atoms with van der Waals surface area (Å²) in [6.07, 6.45) is 1.28. The molecule has 5 heteroatoms. The number of aliphatic hydroxyl groups is 1. The van der Waals surface area contributed by atoms with Gasteiger partial charge in [0.05, 0.1) is 7.11 Å². The van der Waals surface area contributed by atoms with Crippen molar-refractivity contribution in [3.05, 3.63) is 29.6 Å². The highest BCUT2D eigenvalue weighted by molar-refractivity contribution is 5.85. The van der Waals surface area contributed by atoms with Gasteiger partial charge in [0.25, 0.3) is 0 Å². The molecule has 0 saturated heterocycles. The van der Waals surface area contributed by atoms with Crippen molar-refractivity contribution in [2.24, 2.45) is 5.73 Å². The Balaban J connectivity index is 0.00000225. The first-order valence-electron chi connectivity index (χ1n) is 4.89. The molecule has 0 aliphatic heterocycles. The fourth-order valence-electron chi connectivity index (χ4n) is 1.46. The fraction of sp³-hybridized carbons (Fsp3) is 0.455. The summed E-state index contributed by atoms with van der Waals surface area (Å²) in [7, 11) is 1.48. The summed E-state index contributed by atoms with van der Waals surface area (Å²) in [5.41, 5.74) is 6.66. The van der Waals surface area contributed by atoms with Crippen LogP contribution in [-0.4, -0.2) is 18.8 Å². The lowest BCUT2D eigenvalue weighted by atomic mass is 10.0. The van der Waals surface area contributed by atoms with Crippen LogP contribution in [0.4, 0.5) is 4.39 Å². The van der Waals surface area contributed by atoms with E-state index in [4.69, 9.17) is 15.6 Å². The lowest BCUT2D eigenvalue weighted by Crippen LogP contribution is -2.12. The summed E-state index contributed by atoms with van der Waals surface area (Å²) in [5.74, 6) is 0.116. The lowest BCUT2D eigenvalue weighted by Gasteiger charge is -2.15. The van der Waals surface area contributed by atoms with Gasteiger partial charge in [-0.05, 0) is 18.9 Å². The SMILES string of the molecule is COc1cc(F)ccc1[C@@H](N)CCCO.Cl. The van der Waals surface area contributed by atoms with Gasteiger partial charge >= 0.3 is 0 Å². The van der Waals surface area contributed by atoms with Crippen LogP contribution in [0.1, 0.15) is 24.4 Å². The van der Waals surface area contributed by atoms with Crippen molar-refractivity contribution in [3.8, 4) is 5.75 Å². The summed E-state index contributed by atoms with van der Waals surface area (Å²) in [6, 6.07) is 4.06. The lowest BCUT2D eigenvalue weighted by molar-refractivity contribution is 0.279. The average molecular weight is 250 g/mol. The molecule has 3 nitrogen and oxygen atoms in total. The molecule has 0 aliphatic rings. The van der Waals surface area contributed by atoms with Crippen molar-refractivity contribution >= 4 is 12.4 Å². The summed E-state index contributed by atoms with van der Waals surface area (Å²) in [5, 5.41) is 8.69. The second-order valence-corrected chi connectivity index (χ2v) is 3.36. The fourth-order valence-corrected chi connectivity index (χ4v) is 1.46. The summed E-state index contributed by atoms with van der Waals surface area (Å²) >= 11 is 0. The molecule has 0 aromatic heterocycles. The van der Waals surface area contributed by atoms with Crippen molar-refractivity contribution in [1.29, 1.82) is 0 Å². The number of aliphatic hydroxyl groups excluding tert-OH is 1. The highest BCUT2D eigenvalue weighted by Gasteiger charge is 2.12. The molecule has 0 amide bonds. The third-order valence-electron chi connectivity index (χ3n) is 2.27. The Hall–Kier alpha value is -0.840. The number of nitrogens with two attached hydrogens (primary N) is 1. The number of ether oxygens (including phenoxy) is 1. The molecule has 0 fully saturated rings. The Labute approximate surface area is 101 Å². The first-order valence-corrected chi connectivity index (χ1v) is 4.89. The van der Waals surface area contributed by atoms with Crippen LogP contribution >= 0.6 is 12.4 Å². The number of methoxy groups -OCH3 is 1. The minimum Gasteiger partial charge on any atom is -0.496 e. The minimum absolute atomic E-state index is 0. The van der Waals surface area contributed by atoms with Crippen molar-refractivity contribution in [2.75, 3.05) is 13.7 Å². The number of hydrogen-bond acceptors (Lipinski definition) is 3. The van der Waals surface area contributed by atoms with E-state index in [9.17, 15) is 4.39 Å². The van der Waals surface area contributed by atoms with Crippen LogP contribution in [0.2, 0.25) is 0 Å². The van der Waals surface area contributed by atoms with E-state index in [2.05, 4.69) is 0 Å². The zero-order chi connectivity index (χ0) is 11.3. The first kappa shape index (κ1) is 15.2. The topological polar surface area (TPSA) is 55.5 Å². The molecule has 1 aromatic carbocycles. The van der Waals surface area contributed by atoms with Crippen LogP contribution in [0.25, 0.3) is 0 Å². The van der Waals surface area contributed by atoms with E-state index in [1.807, 2.05) is 0 Å². The predicted molar refractivity (Wildman–Crippen MR) is 63.4 cm³/mol. The van der Waals surface area contributed by atoms with E-state index < -0.39 is 0 Å². The molecule has 92 valence electrons. The van der Waals surface area contributed by atoms with E-state index in [-0.39, 0.29) is 30.9 Å². The normalized spacial score (nSPS) is 11.8. The second kappa shape index (κ2) is 7.44. The van der Waals surface area contributed by atoms with E-state index >= 15 is 0 Å². The Morgan fingerprint density at radius 2 is 2.19 bits per heavy atom. The number of benzene rings is 1. The third kappa shape index (κ3) is 3.96. The molecule has 16 heavy (non-hydrogen) atoms. The van der Waals surface area contributed by atoms with Crippen LogP contribution < -0.4 is 10.5 Å². The molecular formula is C11H17ClFNO2. The van der Waals surface area contributed by atoms with E-state index in [0.717, 1.165) is 5.56 Å². The molecule has 0 unspecified atom stereocenters. The molecule has 0 radical (unpaired) electrons. The maximum atomic E-state index is 12.9. The van der Waals surface area contributed by atoms with Crippen LogP contribution in [0, 0.1) is 5.82 Å². The molecule has 0 saturated carbocycles. The van der Waals surface area contributed by atoms with Gasteiger partial charge in [-0.3, -0.25) is 0 Å². The summed E-state index contributed by atoms with van der Waals surface area (Å²) in [4.78, 5) is 0. The third-order valence-corrected chi connectivity index (χ3v) is 2.27. The second-order valence-electron chi connectivity index (χ2n) is 3.36. The van der Waals surface area contributed by atoms with Gasteiger partial charge in [0.2, 0.25) is 0 Å². The van der Waals surface area contributed by atoms with Gasteiger partial charge in [0, 0.05) is 24.3 Å². The van der Waals surface area contributed by atoms with Crippen molar-refractivity contribution < 1.29 is 14.2 Å². The largest absolute Gasteiger partial charge is 0.496 e. The maximum Gasteiger partial charge on any atom is 0.126 e. The van der Waals surface area contributed by atoms with Crippen molar-refractivity contribution in [2.45, 2.75) is 18.9 Å². The van der Waals surface area contributed by atoms with E-state index in [1.165, 1.54) is 19.2 Å². The standard InChI is InChI=1S/C11H16FNO2.ClH/c1-15-11-7-8(12)4-5-9(11)10(13)3-2-6-14;/h4-5,7,10,14H,2-3,6,13H2,1H3;1H/t10-;/m0./s1. The van der Waals surface area contributed by atoms with Crippen LogP contribution in [-0.2, 0) is 0 Å². The Morgan fingerprint density at radius 1 is 1.50 bits per heavy atom.